The number of halogens is 1. The van der Waals surface area contributed by atoms with Gasteiger partial charge in [0.15, 0.2) is 0 Å². The van der Waals surface area contributed by atoms with Gasteiger partial charge in [-0.2, -0.15) is 0 Å². The summed E-state index contributed by atoms with van der Waals surface area (Å²) >= 11 is -0.492. The summed E-state index contributed by atoms with van der Waals surface area (Å²) < 4.78 is 12.7. The van der Waals surface area contributed by atoms with Crippen LogP contribution in [0.4, 0.5) is 0 Å². The molecule has 0 aliphatic heterocycles. The third-order valence-electron chi connectivity index (χ3n) is 1.52. The van der Waals surface area contributed by atoms with Crippen LogP contribution in [-0.4, -0.2) is 40.0 Å². The fourth-order valence-corrected chi connectivity index (χ4v) is 8.77. The molecule has 0 bridgehead atoms. The van der Waals surface area contributed by atoms with Gasteiger partial charge in [0.1, 0.15) is 0 Å². The average molecular weight is 235 g/mol. The monoisotopic (exact) mass is 234 g/mol. The lowest BCUT2D eigenvalue weighted by Gasteiger charge is -2.31. The van der Waals surface area contributed by atoms with Crippen LogP contribution in [0.5, 0.6) is 0 Å². The molecule has 0 aromatic heterocycles. The first-order valence-corrected chi connectivity index (χ1v) is 10.5. The van der Waals surface area contributed by atoms with Crippen molar-refractivity contribution in [2.75, 3.05) is 0 Å². The van der Waals surface area contributed by atoms with Crippen LogP contribution in [0.1, 0.15) is 27.7 Å². The van der Waals surface area contributed by atoms with Gasteiger partial charge in [0.2, 0.25) is 0 Å². The van der Waals surface area contributed by atoms with Gasteiger partial charge in [-0.05, 0) is 34.2 Å². The molecule has 2 nitrogen and oxygen atoms in total. The predicted molar refractivity (Wildman–Crippen MR) is 60.5 cm³/mol. The molecule has 0 amide bonds. The van der Waals surface area contributed by atoms with Crippen molar-refractivity contribution >= 4 is 36.9 Å². The molecule has 0 N–H and O–H groups in total. The third-order valence-corrected chi connectivity index (χ3v) is 9.55. The van der Waals surface area contributed by atoms with E-state index in [-0.39, 0.29) is 12.2 Å². The van der Waals surface area contributed by atoms with Gasteiger partial charge < -0.3 is 17.9 Å². The molecule has 5 heteroatoms. The van der Waals surface area contributed by atoms with Gasteiger partial charge in [-0.15, -0.1) is 0 Å². The summed E-state index contributed by atoms with van der Waals surface area (Å²) in [4.78, 5) is 0. The summed E-state index contributed by atoms with van der Waals surface area (Å²) in [6, 6.07) is 0. The zero-order chi connectivity index (χ0) is 10.5. The standard InChI is InChI=1S/C8H19O2Si.ClH.Mg/c1-7(2)9-11(5,6)10-8(3)4;;/h7-8H,5H2,1-4,6H3;1H;/q;;+1/p-1. The number of hydrogen-bond acceptors (Lipinski definition) is 2. The van der Waals surface area contributed by atoms with E-state index in [4.69, 9.17) is 17.9 Å². The smallest absolute Gasteiger partial charge is 0.393 e. The second-order valence-corrected chi connectivity index (χ2v) is 10.2. The molecule has 13 heavy (non-hydrogen) atoms. The molecule has 0 saturated heterocycles. The normalized spacial score (nSPS) is 12.3. The van der Waals surface area contributed by atoms with Gasteiger partial charge in [0.05, 0.1) is 0 Å². The van der Waals surface area contributed by atoms with E-state index in [0.29, 0.717) is 0 Å². The van der Waals surface area contributed by atoms with Crippen molar-refractivity contribution < 1.29 is 8.85 Å². The molecule has 0 fully saturated rings. The first-order chi connectivity index (χ1) is 5.89. The highest BCUT2D eigenvalue weighted by Crippen LogP contribution is 2.17. The highest BCUT2D eigenvalue weighted by atomic mass is 35.5. The molecular weight excluding hydrogens is 216 g/mol. The number of rotatable bonds is 6. The van der Waals surface area contributed by atoms with Gasteiger partial charge in [0.25, 0.3) is 0 Å². The Labute approximate surface area is 96.1 Å². The first kappa shape index (κ1) is 14.2. The minimum atomic E-state index is -1.95. The maximum atomic E-state index is 5.87. The van der Waals surface area contributed by atoms with E-state index in [0.717, 1.165) is 4.17 Å². The van der Waals surface area contributed by atoms with Crippen molar-refractivity contribution in [3.05, 3.63) is 0 Å². The molecule has 0 aliphatic carbocycles. The summed E-state index contributed by atoms with van der Waals surface area (Å²) in [6.45, 7) is 10.3. The second-order valence-electron chi connectivity index (χ2n) is 3.91. The molecule has 0 aromatic carbocycles. The van der Waals surface area contributed by atoms with Crippen LogP contribution in [0.25, 0.3) is 0 Å². The number of hydrogen-bond donors (Lipinski definition) is 0. The second kappa shape index (κ2) is 6.64. The highest BCUT2D eigenvalue weighted by Gasteiger charge is 2.32. The van der Waals surface area contributed by atoms with Crippen molar-refractivity contribution in [3.8, 4) is 0 Å². The van der Waals surface area contributed by atoms with Gasteiger partial charge in [-0.1, -0.05) is 4.17 Å². The SMILES string of the molecule is CC(C)O[Si](C)([CH2][Mg][Cl])OC(C)C. The summed E-state index contributed by atoms with van der Waals surface area (Å²) in [6.07, 6.45) is 0.486. The largest absolute Gasteiger partial charge is 0.502 e. The maximum Gasteiger partial charge on any atom is 0.502 e. The first-order valence-electron chi connectivity index (χ1n) is 4.81. The van der Waals surface area contributed by atoms with Crippen LogP contribution in [0.3, 0.4) is 0 Å². The van der Waals surface area contributed by atoms with Crippen LogP contribution in [-0.2, 0) is 8.85 Å². The fraction of sp³-hybridized carbons (Fsp3) is 1.00. The van der Waals surface area contributed by atoms with E-state index >= 15 is 0 Å². The van der Waals surface area contributed by atoms with Crippen LogP contribution in [0.2, 0.25) is 10.7 Å². The zero-order valence-corrected chi connectivity index (χ0v) is 12.4. The van der Waals surface area contributed by atoms with Gasteiger partial charge in [-0.25, -0.2) is 0 Å². The topological polar surface area (TPSA) is 18.5 Å². The Morgan fingerprint density at radius 2 is 1.54 bits per heavy atom. The van der Waals surface area contributed by atoms with Crippen molar-refractivity contribution in [2.24, 2.45) is 0 Å². The Morgan fingerprint density at radius 1 is 1.15 bits per heavy atom. The lowest BCUT2D eigenvalue weighted by Crippen LogP contribution is -2.43. The fourth-order valence-electron chi connectivity index (χ4n) is 1.31. The molecule has 0 rings (SSSR count). The highest BCUT2D eigenvalue weighted by molar-refractivity contribution is 6.99. The van der Waals surface area contributed by atoms with E-state index < -0.39 is 27.8 Å². The van der Waals surface area contributed by atoms with Crippen molar-refractivity contribution in [3.63, 3.8) is 0 Å². The van der Waals surface area contributed by atoms with Gasteiger partial charge >= 0.3 is 27.8 Å². The Kier molecular flexibility index (Phi) is 7.24. The lowest BCUT2D eigenvalue weighted by molar-refractivity contribution is 0.113. The van der Waals surface area contributed by atoms with Crippen LogP contribution in [0, 0.1) is 0 Å². The Bertz CT molecular complexity index is 134. The summed E-state index contributed by atoms with van der Waals surface area (Å²) in [5.74, 6) is 0. The minimum Gasteiger partial charge on any atom is -0.393 e. The summed E-state index contributed by atoms with van der Waals surface area (Å²) in [5, 5.41) is 0. The van der Waals surface area contributed by atoms with Crippen LogP contribution >= 0.6 is 9.07 Å². The van der Waals surface area contributed by atoms with Crippen molar-refractivity contribution in [2.45, 2.75) is 50.6 Å². The Balaban J connectivity index is 4.15. The van der Waals surface area contributed by atoms with Gasteiger partial charge in [-0.3, -0.25) is 0 Å². The van der Waals surface area contributed by atoms with Crippen molar-refractivity contribution in [1.29, 1.82) is 0 Å². The average Bonchev–Trinajstić information content (AvgIpc) is 1.81. The molecule has 0 saturated carbocycles. The van der Waals surface area contributed by atoms with E-state index in [1.54, 1.807) is 0 Å². The Morgan fingerprint density at radius 3 is 1.77 bits per heavy atom. The summed E-state index contributed by atoms with van der Waals surface area (Å²) in [5.41, 5.74) is 0. The summed E-state index contributed by atoms with van der Waals surface area (Å²) in [7, 11) is 3.92. The molecule has 76 valence electrons. The molecule has 0 aromatic rings. The molecule has 0 aliphatic rings. The predicted octanol–water partition coefficient (Wildman–Crippen LogP) is 2.72. The van der Waals surface area contributed by atoms with Crippen molar-refractivity contribution in [1.82, 2.24) is 0 Å². The molecular formula is C8H19ClMgO2Si. The lowest BCUT2D eigenvalue weighted by atomic mass is 10.5. The molecule has 0 heterocycles. The third kappa shape index (κ3) is 7.16. The van der Waals surface area contributed by atoms with Crippen LogP contribution < -0.4 is 0 Å². The molecule has 0 spiro atoms. The molecule has 0 radical (unpaired) electrons. The zero-order valence-electron chi connectivity index (χ0n) is 9.26. The van der Waals surface area contributed by atoms with E-state index in [9.17, 15) is 0 Å². The van der Waals surface area contributed by atoms with E-state index in [1.807, 2.05) is 27.7 Å². The van der Waals surface area contributed by atoms with Gasteiger partial charge in [0, 0.05) is 12.2 Å². The quantitative estimate of drug-likeness (QED) is 0.659. The Hall–Kier alpha value is 1.19. The molecule has 0 unspecified atom stereocenters. The van der Waals surface area contributed by atoms with Crippen LogP contribution in [0.15, 0.2) is 0 Å². The van der Waals surface area contributed by atoms with E-state index in [2.05, 4.69) is 6.55 Å². The maximum absolute atomic E-state index is 5.87. The van der Waals surface area contributed by atoms with E-state index in [1.165, 1.54) is 0 Å². The minimum absolute atomic E-state index is 0.243. The molecule has 0 atom stereocenters.